The highest BCUT2D eigenvalue weighted by molar-refractivity contribution is 14.0. The molecule has 0 heterocycles. The molecule has 0 atom stereocenters. The van der Waals surface area contributed by atoms with Crippen molar-refractivity contribution in [1.29, 1.82) is 0 Å². The highest BCUT2D eigenvalue weighted by Crippen LogP contribution is 2.36. The summed E-state index contributed by atoms with van der Waals surface area (Å²) >= 11 is 6.31. The first-order chi connectivity index (χ1) is 11.9. The number of hydrogen-bond donors (Lipinski definition) is 2. The maximum absolute atomic E-state index is 6.31. The molecule has 0 fully saturated rings. The molecule has 26 heavy (non-hydrogen) atoms. The lowest BCUT2D eigenvalue weighted by Gasteiger charge is -2.24. The minimum Gasteiger partial charge on any atom is -0.493 e. The van der Waals surface area contributed by atoms with Crippen LogP contribution in [0.4, 0.5) is 0 Å². The highest BCUT2D eigenvalue weighted by atomic mass is 127. The van der Waals surface area contributed by atoms with E-state index in [9.17, 15) is 0 Å². The number of aliphatic imine (C=N–C) groups is 1. The smallest absolute Gasteiger partial charge is 0.191 e. The van der Waals surface area contributed by atoms with Crippen molar-refractivity contribution in [3.05, 3.63) is 22.7 Å². The Morgan fingerprint density at radius 1 is 1.19 bits per heavy atom. The van der Waals surface area contributed by atoms with Crippen LogP contribution in [-0.2, 0) is 11.3 Å². The van der Waals surface area contributed by atoms with Crippen molar-refractivity contribution >= 4 is 41.5 Å². The predicted octanol–water partition coefficient (Wildman–Crippen LogP) is 3.85. The van der Waals surface area contributed by atoms with Crippen LogP contribution in [-0.4, -0.2) is 45.5 Å². The summed E-state index contributed by atoms with van der Waals surface area (Å²) < 4.78 is 16.3. The normalized spacial score (nSPS) is 11.6. The molecule has 0 aliphatic carbocycles. The molecule has 1 rings (SSSR count). The van der Waals surface area contributed by atoms with E-state index in [0.717, 1.165) is 18.1 Å². The quantitative estimate of drug-likeness (QED) is 0.307. The molecular formula is C18H31ClIN3O3. The zero-order chi connectivity index (χ0) is 18.9. The minimum atomic E-state index is -0.276. The number of benzene rings is 1. The molecule has 0 unspecified atom stereocenters. The summed E-state index contributed by atoms with van der Waals surface area (Å²) in [5.74, 6) is 1.89. The fourth-order valence-corrected chi connectivity index (χ4v) is 2.32. The Kier molecular flexibility index (Phi) is 12.0. The van der Waals surface area contributed by atoms with Crippen molar-refractivity contribution in [1.82, 2.24) is 10.6 Å². The molecule has 150 valence electrons. The summed E-state index contributed by atoms with van der Waals surface area (Å²) in [4.78, 5) is 4.60. The fraction of sp³-hybridized carbons (Fsp3) is 0.611. The predicted molar refractivity (Wildman–Crippen MR) is 118 cm³/mol. The Morgan fingerprint density at radius 2 is 1.88 bits per heavy atom. The third kappa shape index (κ3) is 8.18. The number of hydrogen-bond acceptors (Lipinski definition) is 4. The lowest BCUT2D eigenvalue weighted by atomic mass is 10.1. The average Bonchev–Trinajstić information content (AvgIpc) is 2.59. The summed E-state index contributed by atoms with van der Waals surface area (Å²) in [7, 11) is 3.29. The monoisotopic (exact) mass is 499 g/mol. The molecule has 0 saturated heterocycles. The largest absolute Gasteiger partial charge is 0.493 e. The molecule has 0 bridgehead atoms. The number of nitrogens with zero attached hydrogens (tertiary/aromatic N) is 1. The Morgan fingerprint density at radius 3 is 2.42 bits per heavy atom. The molecule has 0 spiro atoms. The second-order valence-corrected chi connectivity index (χ2v) is 6.46. The first-order valence-electron chi connectivity index (χ1n) is 8.43. The lowest BCUT2D eigenvalue weighted by molar-refractivity contribution is 0.0268. The van der Waals surface area contributed by atoms with E-state index in [1.165, 1.54) is 0 Å². The molecule has 0 aliphatic rings. The van der Waals surface area contributed by atoms with Crippen molar-refractivity contribution in [2.45, 2.75) is 39.8 Å². The third-order valence-corrected chi connectivity index (χ3v) is 3.86. The molecule has 0 saturated carbocycles. The van der Waals surface area contributed by atoms with Crippen molar-refractivity contribution in [2.75, 3.05) is 33.9 Å². The SMILES string of the molecule is CCNC(=NCc1cc(Cl)c(OCC)c(OC)c1)NCC(C)(C)OC.I. The van der Waals surface area contributed by atoms with Gasteiger partial charge in [-0.15, -0.1) is 24.0 Å². The molecule has 1 aromatic carbocycles. The Balaban J connectivity index is 0.00000625. The van der Waals surface area contributed by atoms with E-state index in [2.05, 4.69) is 15.6 Å². The van der Waals surface area contributed by atoms with Crippen LogP contribution in [0.1, 0.15) is 33.3 Å². The number of guanidine groups is 1. The Hall–Kier alpha value is -0.930. The van der Waals surface area contributed by atoms with Crippen molar-refractivity contribution in [3.8, 4) is 11.5 Å². The van der Waals surface area contributed by atoms with Crippen LogP contribution >= 0.6 is 35.6 Å². The molecule has 2 N–H and O–H groups in total. The summed E-state index contributed by atoms with van der Waals surface area (Å²) in [6, 6.07) is 3.74. The number of methoxy groups -OCH3 is 2. The standard InChI is InChI=1S/C18H30ClN3O3.HI/c1-7-20-17(22-12-18(3,4)24-6)21-11-13-9-14(19)16(25-8-2)15(10-13)23-5;/h9-10H,7-8,11-12H2,1-6H3,(H2,20,21,22);1H. The van der Waals surface area contributed by atoms with E-state index in [-0.39, 0.29) is 29.6 Å². The molecule has 0 amide bonds. The number of halogens is 2. The van der Waals surface area contributed by atoms with Gasteiger partial charge in [-0.1, -0.05) is 11.6 Å². The molecule has 0 aliphatic heterocycles. The van der Waals surface area contributed by atoms with Gasteiger partial charge in [0.15, 0.2) is 17.5 Å². The molecular weight excluding hydrogens is 469 g/mol. The number of nitrogens with one attached hydrogen (secondary N) is 2. The van der Waals surface area contributed by atoms with Crippen LogP contribution in [0.3, 0.4) is 0 Å². The van der Waals surface area contributed by atoms with Gasteiger partial charge in [-0.3, -0.25) is 0 Å². The summed E-state index contributed by atoms with van der Waals surface area (Å²) in [6.45, 7) is 10.4. The number of rotatable bonds is 9. The van der Waals surface area contributed by atoms with Gasteiger partial charge in [0.25, 0.3) is 0 Å². The van der Waals surface area contributed by atoms with E-state index >= 15 is 0 Å². The molecule has 1 aromatic rings. The minimum absolute atomic E-state index is 0. The first-order valence-corrected chi connectivity index (χ1v) is 8.81. The zero-order valence-electron chi connectivity index (χ0n) is 16.4. The zero-order valence-corrected chi connectivity index (χ0v) is 19.5. The maximum Gasteiger partial charge on any atom is 0.191 e. The van der Waals surface area contributed by atoms with E-state index in [4.69, 9.17) is 25.8 Å². The van der Waals surface area contributed by atoms with Gasteiger partial charge >= 0.3 is 0 Å². The molecule has 8 heteroatoms. The second kappa shape index (κ2) is 12.5. The second-order valence-electron chi connectivity index (χ2n) is 6.05. The van der Waals surface area contributed by atoms with Gasteiger partial charge in [0.1, 0.15) is 0 Å². The summed E-state index contributed by atoms with van der Waals surface area (Å²) in [5.41, 5.74) is 0.663. The maximum atomic E-state index is 6.31. The molecule has 6 nitrogen and oxygen atoms in total. The first kappa shape index (κ1) is 25.1. The van der Waals surface area contributed by atoms with E-state index in [1.807, 2.05) is 39.8 Å². The van der Waals surface area contributed by atoms with E-state index < -0.39 is 0 Å². The van der Waals surface area contributed by atoms with Crippen LogP contribution in [0, 0.1) is 0 Å². The van der Waals surface area contributed by atoms with Crippen LogP contribution in [0.25, 0.3) is 0 Å². The lowest BCUT2D eigenvalue weighted by Crippen LogP contribution is -2.45. The van der Waals surface area contributed by atoms with Crippen LogP contribution in [0.2, 0.25) is 5.02 Å². The van der Waals surface area contributed by atoms with Crippen molar-refractivity contribution in [3.63, 3.8) is 0 Å². The van der Waals surface area contributed by atoms with E-state index in [0.29, 0.717) is 36.2 Å². The Labute approximate surface area is 179 Å². The highest BCUT2D eigenvalue weighted by Gasteiger charge is 2.16. The fourth-order valence-electron chi connectivity index (χ4n) is 2.03. The number of ether oxygens (including phenoxy) is 3. The topological polar surface area (TPSA) is 64.1 Å². The van der Waals surface area contributed by atoms with Gasteiger partial charge in [0.2, 0.25) is 0 Å². The van der Waals surface area contributed by atoms with Gasteiger partial charge < -0.3 is 24.8 Å². The third-order valence-electron chi connectivity index (χ3n) is 3.58. The van der Waals surface area contributed by atoms with Crippen molar-refractivity contribution in [2.24, 2.45) is 4.99 Å². The van der Waals surface area contributed by atoms with Gasteiger partial charge in [0, 0.05) is 20.2 Å². The van der Waals surface area contributed by atoms with Gasteiger partial charge in [0.05, 0.1) is 30.9 Å². The van der Waals surface area contributed by atoms with E-state index in [1.54, 1.807) is 14.2 Å². The molecule has 0 radical (unpaired) electrons. The van der Waals surface area contributed by atoms with Gasteiger partial charge in [-0.25, -0.2) is 4.99 Å². The van der Waals surface area contributed by atoms with Gasteiger partial charge in [-0.2, -0.15) is 0 Å². The average molecular weight is 500 g/mol. The van der Waals surface area contributed by atoms with Crippen LogP contribution in [0.15, 0.2) is 17.1 Å². The van der Waals surface area contributed by atoms with Crippen LogP contribution in [0.5, 0.6) is 11.5 Å². The summed E-state index contributed by atoms with van der Waals surface area (Å²) in [5, 5.41) is 7.02. The van der Waals surface area contributed by atoms with Crippen LogP contribution < -0.4 is 20.1 Å². The summed E-state index contributed by atoms with van der Waals surface area (Å²) in [6.07, 6.45) is 0. The van der Waals surface area contributed by atoms with Crippen molar-refractivity contribution < 1.29 is 14.2 Å². The van der Waals surface area contributed by atoms with Gasteiger partial charge in [-0.05, 0) is 45.4 Å². The molecule has 0 aromatic heterocycles. The Bertz CT molecular complexity index is 583.